The fourth-order valence-corrected chi connectivity index (χ4v) is 1.14. The summed E-state index contributed by atoms with van der Waals surface area (Å²) in [5.41, 5.74) is 4.49. The van der Waals surface area contributed by atoms with Crippen molar-refractivity contribution < 1.29 is 18.7 Å². The Balaban J connectivity index is 2.57. The SMILES string of the molecule is CCOC(=O)C(C)(N)COc1cccc(F)c1. The van der Waals surface area contributed by atoms with E-state index in [1.165, 1.54) is 25.1 Å². The van der Waals surface area contributed by atoms with E-state index in [-0.39, 0.29) is 13.2 Å². The zero-order valence-electron chi connectivity index (χ0n) is 9.90. The van der Waals surface area contributed by atoms with Crippen LogP contribution in [0.1, 0.15) is 13.8 Å². The van der Waals surface area contributed by atoms with Gasteiger partial charge in [-0.05, 0) is 26.0 Å². The number of halogens is 1. The van der Waals surface area contributed by atoms with Gasteiger partial charge in [0.1, 0.15) is 23.7 Å². The first kappa shape index (κ1) is 13.4. The third-order valence-electron chi connectivity index (χ3n) is 2.08. The number of nitrogens with two attached hydrogens (primary N) is 1. The van der Waals surface area contributed by atoms with E-state index in [9.17, 15) is 9.18 Å². The maximum Gasteiger partial charge on any atom is 0.329 e. The summed E-state index contributed by atoms with van der Waals surface area (Å²) in [6, 6.07) is 5.63. The van der Waals surface area contributed by atoms with Gasteiger partial charge in [-0.3, -0.25) is 0 Å². The first-order valence-corrected chi connectivity index (χ1v) is 5.30. The van der Waals surface area contributed by atoms with E-state index in [2.05, 4.69) is 0 Å². The van der Waals surface area contributed by atoms with Crippen molar-refractivity contribution in [3.8, 4) is 5.75 Å². The second-order valence-electron chi connectivity index (χ2n) is 3.88. The van der Waals surface area contributed by atoms with Crippen LogP contribution in [0.5, 0.6) is 5.75 Å². The number of rotatable bonds is 5. The lowest BCUT2D eigenvalue weighted by Crippen LogP contribution is -2.51. The summed E-state index contributed by atoms with van der Waals surface area (Å²) in [4.78, 5) is 11.5. The van der Waals surface area contributed by atoms with Gasteiger partial charge in [-0.15, -0.1) is 0 Å². The highest BCUT2D eigenvalue weighted by Gasteiger charge is 2.31. The Labute approximate surface area is 99.5 Å². The normalized spacial score (nSPS) is 13.9. The molecule has 0 amide bonds. The van der Waals surface area contributed by atoms with Crippen LogP contribution in [0.3, 0.4) is 0 Å². The van der Waals surface area contributed by atoms with Crippen LogP contribution in [0, 0.1) is 5.82 Å². The van der Waals surface area contributed by atoms with E-state index < -0.39 is 17.3 Å². The molecule has 0 saturated heterocycles. The summed E-state index contributed by atoms with van der Waals surface area (Å²) >= 11 is 0. The third-order valence-corrected chi connectivity index (χ3v) is 2.08. The number of ether oxygens (including phenoxy) is 2. The molecule has 17 heavy (non-hydrogen) atoms. The quantitative estimate of drug-likeness (QED) is 0.793. The van der Waals surface area contributed by atoms with E-state index in [0.29, 0.717) is 5.75 Å². The van der Waals surface area contributed by atoms with Crippen molar-refractivity contribution in [2.45, 2.75) is 19.4 Å². The highest BCUT2D eigenvalue weighted by Crippen LogP contribution is 2.14. The number of hydrogen-bond donors (Lipinski definition) is 1. The molecule has 2 N–H and O–H groups in total. The van der Waals surface area contributed by atoms with Crippen LogP contribution in [0.25, 0.3) is 0 Å². The van der Waals surface area contributed by atoms with Gasteiger partial charge in [0.25, 0.3) is 0 Å². The highest BCUT2D eigenvalue weighted by molar-refractivity contribution is 5.80. The van der Waals surface area contributed by atoms with Gasteiger partial charge in [0.05, 0.1) is 6.61 Å². The van der Waals surface area contributed by atoms with Crippen molar-refractivity contribution in [3.63, 3.8) is 0 Å². The zero-order chi connectivity index (χ0) is 12.9. The molecule has 0 aliphatic rings. The minimum absolute atomic E-state index is 0.0741. The largest absolute Gasteiger partial charge is 0.491 e. The van der Waals surface area contributed by atoms with Crippen molar-refractivity contribution in [2.75, 3.05) is 13.2 Å². The molecule has 1 rings (SSSR count). The van der Waals surface area contributed by atoms with Crippen LogP contribution in [-0.2, 0) is 9.53 Å². The molecule has 0 saturated carbocycles. The van der Waals surface area contributed by atoms with Gasteiger partial charge >= 0.3 is 5.97 Å². The van der Waals surface area contributed by atoms with E-state index in [0.717, 1.165) is 0 Å². The summed E-state index contributed by atoms with van der Waals surface area (Å²) < 4.78 is 22.9. The van der Waals surface area contributed by atoms with E-state index >= 15 is 0 Å². The van der Waals surface area contributed by atoms with Crippen molar-refractivity contribution in [1.29, 1.82) is 0 Å². The Kier molecular flexibility index (Phi) is 4.45. The molecule has 1 unspecified atom stereocenters. The summed E-state index contributed by atoms with van der Waals surface area (Å²) in [7, 11) is 0. The van der Waals surface area contributed by atoms with Crippen molar-refractivity contribution in [2.24, 2.45) is 5.73 Å². The van der Waals surface area contributed by atoms with Crippen molar-refractivity contribution in [3.05, 3.63) is 30.1 Å². The molecule has 5 heteroatoms. The lowest BCUT2D eigenvalue weighted by molar-refractivity contribution is -0.150. The smallest absolute Gasteiger partial charge is 0.329 e. The lowest BCUT2D eigenvalue weighted by atomic mass is 10.1. The number of carbonyl (C=O) groups is 1. The van der Waals surface area contributed by atoms with Gasteiger partial charge in [0, 0.05) is 6.07 Å². The lowest BCUT2D eigenvalue weighted by Gasteiger charge is -2.22. The van der Waals surface area contributed by atoms with Gasteiger partial charge in [-0.25, -0.2) is 9.18 Å². The van der Waals surface area contributed by atoms with E-state index in [1.54, 1.807) is 13.0 Å². The average molecular weight is 241 g/mol. The third kappa shape index (κ3) is 4.03. The number of carbonyl (C=O) groups excluding carboxylic acids is 1. The molecular weight excluding hydrogens is 225 g/mol. The van der Waals surface area contributed by atoms with Crippen LogP contribution < -0.4 is 10.5 Å². The zero-order valence-corrected chi connectivity index (χ0v) is 9.90. The first-order chi connectivity index (χ1) is 7.95. The van der Waals surface area contributed by atoms with Gasteiger partial charge in [-0.1, -0.05) is 6.07 Å². The maximum atomic E-state index is 12.9. The maximum absolute atomic E-state index is 12.9. The van der Waals surface area contributed by atoms with Crippen molar-refractivity contribution in [1.82, 2.24) is 0 Å². The molecule has 1 atom stereocenters. The molecule has 94 valence electrons. The Morgan fingerprint density at radius 1 is 1.53 bits per heavy atom. The van der Waals surface area contributed by atoms with Gasteiger partial charge < -0.3 is 15.2 Å². The summed E-state index contributed by atoms with van der Waals surface area (Å²) in [6.07, 6.45) is 0. The summed E-state index contributed by atoms with van der Waals surface area (Å²) in [5, 5.41) is 0. The van der Waals surface area contributed by atoms with Crippen LogP contribution >= 0.6 is 0 Å². The Hall–Kier alpha value is -1.62. The van der Waals surface area contributed by atoms with Gasteiger partial charge in [-0.2, -0.15) is 0 Å². The fourth-order valence-electron chi connectivity index (χ4n) is 1.14. The highest BCUT2D eigenvalue weighted by atomic mass is 19.1. The standard InChI is InChI=1S/C12H16FNO3/c1-3-16-11(15)12(2,14)8-17-10-6-4-5-9(13)7-10/h4-7H,3,8,14H2,1-2H3. The molecule has 1 aromatic carbocycles. The molecule has 0 aliphatic carbocycles. The van der Waals surface area contributed by atoms with Crippen LogP contribution in [0.4, 0.5) is 4.39 Å². The number of esters is 1. The molecule has 0 radical (unpaired) electrons. The molecular formula is C12H16FNO3. The molecule has 4 nitrogen and oxygen atoms in total. The van der Waals surface area contributed by atoms with Crippen LogP contribution in [0.15, 0.2) is 24.3 Å². The second kappa shape index (κ2) is 5.63. The van der Waals surface area contributed by atoms with Gasteiger partial charge in [0.2, 0.25) is 0 Å². The molecule has 0 aromatic heterocycles. The number of hydrogen-bond acceptors (Lipinski definition) is 4. The summed E-state index contributed by atoms with van der Waals surface area (Å²) in [6.45, 7) is 3.38. The molecule has 1 aromatic rings. The monoisotopic (exact) mass is 241 g/mol. The Morgan fingerprint density at radius 2 is 2.24 bits per heavy atom. The number of benzene rings is 1. The van der Waals surface area contributed by atoms with E-state index in [4.69, 9.17) is 15.2 Å². The average Bonchev–Trinajstić information content (AvgIpc) is 2.27. The van der Waals surface area contributed by atoms with E-state index in [1.807, 2.05) is 0 Å². The molecule has 0 aliphatic heterocycles. The molecule has 0 spiro atoms. The minimum atomic E-state index is -1.25. The van der Waals surface area contributed by atoms with Crippen LogP contribution in [0.2, 0.25) is 0 Å². The topological polar surface area (TPSA) is 61.5 Å². The molecule has 0 fully saturated rings. The summed E-state index contributed by atoms with van der Waals surface area (Å²) in [5.74, 6) is -0.625. The van der Waals surface area contributed by atoms with Crippen molar-refractivity contribution >= 4 is 5.97 Å². The second-order valence-corrected chi connectivity index (χ2v) is 3.88. The fraction of sp³-hybridized carbons (Fsp3) is 0.417. The minimum Gasteiger partial charge on any atom is -0.491 e. The Bertz CT molecular complexity index is 393. The predicted octanol–water partition coefficient (Wildman–Crippen LogP) is 1.48. The predicted molar refractivity (Wildman–Crippen MR) is 61.1 cm³/mol. The first-order valence-electron chi connectivity index (χ1n) is 5.30. The Morgan fingerprint density at radius 3 is 2.82 bits per heavy atom. The molecule has 0 bridgehead atoms. The van der Waals surface area contributed by atoms with Gasteiger partial charge in [0.15, 0.2) is 0 Å². The molecule has 0 heterocycles. The van der Waals surface area contributed by atoms with Crippen LogP contribution in [-0.4, -0.2) is 24.7 Å².